The van der Waals surface area contributed by atoms with Gasteiger partial charge in [-0.2, -0.15) is 0 Å². The van der Waals surface area contributed by atoms with Crippen molar-refractivity contribution < 1.29 is 9.90 Å². The fraction of sp³-hybridized carbons (Fsp3) is 0.417. The lowest BCUT2D eigenvalue weighted by Crippen LogP contribution is -2.15. The normalized spacial score (nSPS) is 21.2. The summed E-state index contributed by atoms with van der Waals surface area (Å²) < 4.78 is 0. The van der Waals surface area contributed by atoms with Gasteiger partial charge in [-0.15, -0.1) is 0 Å². The largest absolute Gasteiger partial charge is 0.478 e. The van der Waals surface area contributed by atoms with Crippen LogP contribution >= 0.6 is 0 Å². The van der Waals surface area contributed by atoms with Crippen LogP contribution in [-0.4, -0.2) is 36.1 Å². The summed E-state index contributed by atoms with van der Waals surface area (Å²) in [5.41, 5.74) is 7.65. The Labute approximate surface area is 94.7 Å². The van der Waals surface area contributed by atoms with E-state index >= 15 is 0 Å². The Kier molecular flexibility index (Phi) is 2.83. The number of carboxylic acid groups (broad SMARTS) is 1. The molecule has 1 aromatic carbocycles. The first kappa shape index (κ1) is 11.0. The summed E-state index contributed by atoms with van der Waals surface area (Å²) in [4.78, 5) is 13.3. The number of likely N-dealkylation sites (N-methyl/N-ethyl adjacent to an activating group) is 1. The highest BCUT2D eigenvalue weighted by molar-refractivity contribution is 5.91. The number of nitrogens with zero attached hydrogens (tertiary/aromatic N) is 1. The number of likely N-dealkylation sites (tertiary alicyclic amines) is 1. The molecule has 0 saturated carbocycles. The molecular formula is C12H16N2O2. The molecule has 2 rings (SSSR count). The molecule has 4 heteroatoms. The number of aromatic carboxylic acids is 1. The van der Waals surface area contributed by atoms with Crippen LogP contribution in [0, 0.1) is 0 Å². The molecule has 16 heavy (non-hydrogen) atoms. The maximum Gasteiger partial charge on any atom is 0.336 e. The number of anilines is 1. The molecule has 1 fully saturated rings. The van der Waals surface area contributed by atoms with Gasteiger partial charge in [0.15, 0.2) is 0 Å². The van der Waals surface area contributed by atoms with Crippen LogP contribution in [0.25, 0.3) is 0 Å². The summed E-state index contributed by atoms with van der Waals surface area (Å²) >= 11 is 0. The molecule has 3 N–H and O–H groups in total. The SMILES string of the molecule is CN1CCC(c2c(N)cccc2C(=O)O)C1. The first-order valence-corrected chi connectivity index (χ1v) is 5.40. The number of hydrogen-bond acceptors (Lipinski definition) is 3. The molecule has 1 aliphatic heterocycles. The molecule has 0 amide bonds. The predicted octanol–water partition coefficient (Wildman–Crippen LogP) is 1.39. The van der Waals surface area contributed by atoms with Crippen molar-refractivity contribution in [2.75, 3.05) is 25.9 Å². The summed E-state index contributed by atoms with van der Waals surface area (Å²) in [6.07, 6.45) is 0.977. The quantitative estimate of drug-likeness (QED) is 0.739. The van der Waals surface area contributed by atoms with E-state index in [-0.39, 0.29) is 5.92 Å². The number of benzene rings is 1. The van der Waals surface area contributed by atoms with Crippen LogP contribution in [0.4, 0.5) is 5.69 Å². The fourth-order valence-corrected chi connectivity index (χ4v) is 2.40. The molecule has 0 bridgehead atoms. The van der Waals surface area contributed by atoms with Crippen molar-refractivity contribution in [3.8, 4) is 0 Å². The molecule has 0 aromatic heterocycles. The van der Waals surface area contributed by atoms with Gasteiger partial charge in [-0.1, -0.05) is 6.07 Å². The first-order chi connectivity index (χ1) is 7.59. The lowest BCUT2D eigenvalue weighted by Gasteiger charge is -2.16. The third-order valence-electron chi connectivity index (χ3n) is 3.17. The number of rotatable bonds is 2. The van der Waals surface area contributed by atoms with Gasteiger partial charge in [0.25, 0.3) is 0 Å². The molecule has 86 valence electrons. The predicted molar refractivity (Wildman–Crippen MR) is 62.7 cm³/mol. The van der Waals surface area contributed by atoms with Gasteiger partial charge in [0, 0.05) is 18.2 Å². The Hall–Kier alpha value is -1.55. The fourth-order valence-electron chi connectivity index (χ4n) is 2.40. The summed E-state index contributed by atoms with van der Waals surface area (Å²) in [6.45, 7) is 1.88. The second kappa shape index (κ2) is 4.14. The number of hydrogen-bond donors (Lipinski definition) is 2. The van der Waals surface area contributed by atoms with Crippen LogP contribution in [0.15, 0.2) is 18.2 Å². The molecule has 0 spiro atoms. The molecule has 0 aliphatic carbocycles. The van der Waals surface area contributed by atoms with E-state index in [1.165, 1.54) is 0 Å². The number of carboxylic acids is 1. The lowest BCUT2D eigenvalue weighted by atomic mass is 9.92. The van der Waals surface area contributed by atoms with Crippen molar-refractivity contribution >= 4 is 11.7 Å². The van der Waals surface area contributed by atoms with Crippen molar-refractivity contribution in [2.24, 2.45) is 0 Å². The van der Waals surface area contributed by atoms with Gasteiger partial charge in [0.2, 0.25) is 0 Å². The zero-order valence-electron chi connectivity index (χ0n) is 9.31. The van der Waals surface area contributed by atoms with E-state index < -0.39 is 5.97 Å². The van der Waals surface area contributed by atoms with E-state index in [1.807, 2.05) is 7.05 Å². The molecule has 1 atom stereocenters. The Bertz CT molecular complexity index is 417. The maximum absolute atomic E-state index is 11.1. The van der Waals surface area contributed by atoms with Crippen molar-refractivity contribution in [3.63, 3.8) is 0 Å². The van der Waals surface area contributed by atoms with E-state index in [2.05, 4.69) is 4.90 Å². The Balaban J connectivity index is 2.42. The van der Waals surface area contributed by atoms with E-state index in [0.717, 1.165) is 25.1 Å². The third-order valence-corrected chi connectivity index (χ3v) is 3.17. The standard InChI is InChI=1S/C12H16N2O2/c1-14-6-5-8(7-14)11-9(12(15)16)3-2-4-10(11)13/h2-4,8H,5-7,13H2,1H3,(H,15,16). The molecule has 1 unspecified atom stereocenters. The van der Waals surface area contributed by atoms with Crippen LogP contribution in [0.5, 0.6) is 0 Å². The van der Waals surface area contributed by atoms with Crippen LogP contribution in [0.2, 0.25) is 0 Å². The van der Waals surface area contributed by atoms with Gasteiger partial charge < -0.3 is 15.7 Å². The van der Waals surface area contributed by atoms with Crippen molar-refractivity contribution in [2.45, 2.75) is 12.3 Å². The van der Waals surface area contributed by atoms with Crippen LogP contribution in [0.3, 0.4) is 0 Å². The monoisotopic (exact) mass is 220 g/mol. The van der Waals surface area contributed by atoms with Crippen LogP contribution < -0.4 is 5.73 Å². The Morgan fingerprint density at radius 3 is 2.88 bits per heavy atom. The highest BCUT2D eigenvalue weighted by atomic mass is 16.4. The Morgan fingerprint density at radius 1 is 1.56 bits per heavy atom. The van der Waals surface area contributed by atoms with Gasteiger partial charge in [0.1, 0.15) is 0 Å². The minimum Gasteiger partial charge on any atom is -0.478 e. The van der Waals surface area contributed by atoms with Crippen LogP contribution in [-0.2, 0) is 0 Å². The molecule has 0 radical (unpaired) electrons. The smallest absolute Gasteiger partial charge is 0.336 e. The minimum atomic E-state index is -0.892. The van der Waals surface area contributed by atoms with Gasteiger partial charge in [0.05, 0.1) is 5.56 Å². The van der Waals surface area contributed by atoms with Crippen molar-refractivity contribution in [1.82, 2.24) is 4.90 Å². The molecule has 1 heterocycles. The first-order valence-electron chi connectivity index (χ1n) is 5.40. The summed E-state index contributed by atoms with van der Waals surface area (Å²) in [5, 5.41) is 9.15. The average Bonchev–Trinajstić information content (AvgIpc) is 2.64. The highest BCUT2D eigenvalue weighted by Gasteiger charge is 2.26. The molecule has 4 nitrogen and oxygen atoms in total. The number of nitrogen functional groups attached to an aromatic ring is 1. The topological polar surface area (TPSA) is 66.6 Å². The highest BCUT2D eigenvalue weighted by Crippen LogP contribution is 2.32. The summed E-state index contributed by atoms with van der Waals surface area (Å²) in [6, 6.07) is 5.10. The molecular weight excluding hydrogens is 204 g/mol. The van der Waals surface area contributed by atoms with Gasteiger partial charge in [-0.05, 0) is 37.7 Å². The van der Waals surface area contributed by atoms with Gasteiger partial charge in [-0.25, -0.2) is 4.79 Å². The van der Waals surface area contributed by atoms with Crippen molar-refractivity contribution in [3.05, 3.63) is 29.3 Å². The van der Waals surface area contributed by atoms with Crippen LogP contribution in [0.1, 0.15) is 28.3 Å². The maximum atomic E-state index is 11.1. The number of carbonyl (C=O) groups is 1. The second-order valence-electron chi connectivity index (χ2n) is 4.36. The zero-order valence-corrected chi connectivity index (χ0v) is 9.31. The molecule has 1 aromatic rings. The summed E-state index contributed by atoms with van der Waals surface area (Å²) in [7, 11) is 2.04. The molecule has 1 saturated heterocycles. The summed E-state index contributed by atoms with van der Waals surface area (Å²) in [5.74, 6) is -0.644. The van der Waals surface area contributed by atoms with E-state index in [1.54, 1.807) is 18.2 Å². The van der Waals surface area contributed by atoms with E-state index in [9.17, 15) is 4.79 Å². The third kappa shape index (κ3) is 1.88. The zero-order chi connectivity index (χ0) is 11.7. The van der Waals surface area contributed by atoms with Crippen molar-refractivity contribution in [1.29, 1.82) is 0 Å². The molecule has 1 aliphatic rings. The van der Waals surface area contributed by atoms with Gasteiger partial charge in [-0.3, -0.25) is 0 Å². The lowest BCUT2D eigenvalue weighted by molar-refractivity contribution is 0.0695. The van der Waals surface area contributed by atoms with Gasteiger partial charge >= 0.3 is 5.97 Å². The second-order valence-corrected chi connectivity index (χ2v) is 4.36. The van der Waals surface area contributed by atoms with E-state index in [4.69, 9.17) is 10.8 Å². The number of nitrogens with two attached hydrogens (primary N) is 1. The average molecular weight is 220 g/mol. The Morgan fingerprint density at radius 2 is 2.31 bits per heavy atom. The van der Waals surface area contributed by atoms with E-state index in [0.29, 0.717) is 11.3 Å². The minimum absolute atomic E-state index is 0.247.